The van der Waals surface area contributed by atoms with E-state index in [1.54, 1.807) is 23.0 Å². The molecule has 4 aromatic rings. The van der Waals surface area contributed by atoms with Crippen LogP contribution in [0.5, 0.6) is 5.88 Å². The number of pyridine rings is 1. The fourth-order valence-electron chi connectivity index (χ4n) is 4.77. The molecule has 4 aromatic heterocycles. The molecule has 2 atom stereocenters. The van der Waals surface area contributed by atoms with Gasteiger partial charge in [0.05, 0.1) is 17.6 Å². The van der Waals surface area contributed by atoms with E-state index in [0.717, 1.165) is 48.4 Å². The van der Waals surface area contributed by atoms with E-state index in [1.165, 1.54) is 0 Å². The van der Waals surface area contributed by atoms with E-state index in [-0.39, 0.29) is 11.9 Å². The van der Waals surface area contributed by atoms with Crippen molar-refractivity contribution < 1.29 is 13.9 Å². The zero-order valence-corrected chi connectivity index (χ0v) is 19.3. The Morgan fingerprint density at radius 1 is 1.24 bits per heavy atom. The van der Waals surface area contributed by atoms with E-state index in [1.807, 2.05) is 18.2 Å². The first-order valence-electron chi connectivity index (χ1n) is 11.6. The molecule has 0 spiro atoms. The molecule has 34 heavy (non-hydrogen) atoms. The lowest BCUT2D eigenvalue weighted by Gasteiger charge is -2.21. The van der Waals surface area contributed by atoms with Gasteiger partial charge in [0, 0.05) is 37.8 Å². The largest absolute Gasteiger partial charge is 0.474 e. The number of aromatic nitrogens is 4. The van der Waals surface area contributed by atoms with Gasteiger partial charge >= 0.3 is 0 Å². The zero-order valence-electron chi connectivity index (χ0n) is 19.3. The molecule has 2 aliphatic rings. The third-order valence-corrected chi connectivity index (χ3v) is 6.73. The normalized spacial score (nSPS) is 20.7. The Morgan fingerprint density at radius 3 is 2.94 bits per heavy atom. The summed E-state index contributed by atoms with van der Waals surface area (Å²) in [7, 11) is 4.25. The molecule has 2 fully saturated rings. The highest BCUT2D eigenvalue weighted by Crippen LogP contribution is 2.34. The summed E-state index contributed by atoms with van der Waals surface area (Å²) < 4.78 is 13.8. The summed E-state index contributed by atoms with van der Waals surface area (Å²) >= 11 is 0. The number of imidazole rings is 1. The monoisotopic (exact) mass is 461 g/mol. The van der Waals surface area contributed by atoms with E-state index >= 15 is 0 Å². The van der Waals surface area contributed by atoms with Gasteiger partial charge in [-0.1, -0.05) is 0 Å². The summed E-state index contributed by atoms with van der Waals surface area (Å²) in [5, 5.41) is 8.51. The Bertz CT molecular complexity index is 1360. The minimum absolute atomic E-state index is 0.0197. The smallest absolute Gasteiger partial charge is 0.231 e. The standard InChI is InChI=1S/C24H27N7O3/c1-29(2)16-8-10-30(13-16)24-17-11-20(34-19(17)7-9-25-24)18-12-26-21-4-6-23(28-31(18)21)33-14-15-3-5-22(32)27-15/h4,6-7,9,11-12,15-16H,3,5,8,10,13-14H2,1-2H3,(H,27,32). The van der Waals surface area contributed by atoms with Gasteiger partial charge in [-0.2, -0.15) is 0 Å². The number of carbonyl (C=O) groups excluding carboxylic acids is 1. The number of likely N-dealkylation sites (N-methyl/N-ethyl adjacent to an activating group) is 1. The second-order valence-electron chi connectivity index (χ2n) is 9.21. The van der Waals surface area contributed by atoms with Gasteiger partial charge in [0.2, 0.25) is 11.8 Å². The van der Waals surface area contributed by atoms with E-state index in [2.05, 4.69) is 44.3 Å². The molecule has 2 unspecified atom stereocenters. The van der Waals surface area contributed by atoms with Crippen LogP contribution >= 0.6 is 0 Å². The predicted molar refractivity (Wildman–Crippen MR) is 127 cm³/mol. The first-order chi connectivity index (χ1) is 16.5. The maximum Gasteiger partial charge on any atom is 0.231 e. The van der Waals surface area contributed by atoms with Gasteiger partial charge in [0.25, 0.3) is 0 Å². The van der Waals surface area contributed by atoms with Crippen molar-refractivity contribution in [2.24, 2.45) is 0 Å². The number of ether oxygens (including phenoxy) is 1. The van der Waals surface area contributed by atoms with Gasteiger partial charge < -0.3 is 24.3 Å². The number of nitrogens with zero attached hydrogens (tertiary/aromatic N) is 6. The van der Waals surface area contributed by atoms with Crippen LogP contribution in [0.1, 0.15) is 19.3 Å². The molecular formula is C24H27N7O3. The Hall–Kier alpha value is -3.66. The molecule has 0 aliphatic carbocycles. The Kier molecular flexibility index (Phi) is 5.09. The molecule has 6 heterocycles. The molecule has 0 saturated carbocycles. The highest BCUT2D eigenvalue weighted by molar-refractivity contribution is 5.92. The number of hydrogen-bond acceptors (Lipinski definition) is 8. The number of rotatable bonds is 6. The maximum absolute atomic E-state index is 11.4. The fraction of sp³-hybridized carbons (Fsp3) is 0.417. The molecule has 1 amide bonds. The second kappa shape index (κ2) is 8.28. The highest BCUT2D eigenvalue weighted by atomic mass is 16.5. The van der Waals surface area contributed by atoms with Gasteiger partial charge in [-0.3, -0.25) is 4.79 Å². The van der Waals surface area contributed by atoms with Crippen LogP contribution < -0.4 is 15.0 Å². The minimum Gasteiger partial charge on any atom is -0.474 e. The van der Waals surface area contributed by atoms with E-state index in [4.69, 9.17) is 9.15 Å². The number of hydrogen-bond donors (Lipinski definition) is 1. The first kappa shape index (κ1) is 20.9. The van der Waals surface area contributed by atoms with Gasteiger partial charge in [0.1, 0.15) is 23.7 Å². The molecule has 2 saturated heterocycles. The first-order valence-corrected chi connectivity index (χ1v) is 11.6. The van der Waals surface area contributed by atoms with E-state index in [0.29, 0.717) is 36.4 Å². The minimum atomic E-state index is 0.0197. The SMILES string of the molecule is CN(C)C1CCN(c2nccc3oc(-c4cnc5ccc(OCC6CCC(=O)N6)nn45)cc23)C1. The van der Waals surface area contributed by atoms with Crippen LogP contribution in [0.2, 0.25) is 0 Å². The van der Waals surface area contributed by atoms with Crippen LogP contribution in [0.25, 0.3) is 28.1 Å². The number of carbonyl (C=O) groups is 1. The van der Waals surface area contributed by atoms with Gasteiger partial charge in [-0.15, -0.1) is 5.10 Å². The molecule has 0 aromatic carbocycles. The summed E-state index contributed by atoms with van der Waals surface area (Å²) in [5.41, 5.74) is 2.22. The summed E-state index contributed by atoms with van der Waals surface area (Å²) in [6.45, 7) is 2.30. The lowest BCUT2D eigenvalue weighted by atomic mass is 10.2. The molecule has 6 rings (SSSR count). The molecule has 176 valence electrons. The average molecular weight is 462 g/mol. The molecular weight excluding hydrogens is 434 g/mol. The van der Waals surface area contributed by atoms with Crippen molar-refractivity contribution in [1.29, 1.82) is 0 Å². The Labute approximate surface area is 196 Å². The zero-order chi connectivity index (χ0) is 23.2. The third-order valence-electron chi connectivity index (χ3n) is 6.73. The summed E-state index contributed by atoms with van der Waals surface area (Å²) in [6, 6.07) is 8.10. The second-order valence-corrected chi connectivity index (χ2v) is 9.21. The summed E-state index contributed by atoms with van der Waals surface area (Å²) in [4.78, 5) is 25.2. The highest BCUT2D eigenvalue weighted by Gasteiger charge is 2.27. The van der Waals surface area contributed by atoms with Crippen LogP contribution in [0.3, 0.4) is 0 Å². The molecule has 10 nitrogen and oxygen atoms in total. The van der Waals surface area contributed by atoms with E-state index in [9.17, 15) is 4.79 Å². The lowest BCUT2D eigenvalue weighted by Crippen LogP contribution is -2.31. The topological polar surface area (TPSA) is 101 Å². The van der Waals surface area contributed by atoms with Crippen LogP contribution in [-0.2, 0) is 4.79 Å². The average Bonchev–Trinajstić information content (AvgIpc) is 3.62. The van der Waals surface area contributed by atoms with Crippen molar-refractivity contribution in [3.8, 4) is 17.3 Å². The summed E-state index contributed by atoms with van der Waals surface area (Å²) in [5.74, 6) is 2.16. The van der Waals surface area contributed by atoms with Crippen LogP contribution in [0.4, 0.5) is 5.82 Å². The van der Waals surface area contributed by atoms with Crippen molar-refractivity contribution in [2.75, 3.05) is 38.7 Å². The van der Waals surface area contributed by atoms with Crippen molar-refractivity contribution in [3.63, 3.8) is 0 Å². The summed E-state index contributed by atoms with van der Waals surface area (Å²) in [6.07, 6.45) is 5.99. The van der Waals surface area contributed by atoms with Crippen molar-refractivity contribution in [2.45, 2.75) is 31.3 Å². The number of nitrogens with one attached hydrogen (secondary N) is 1. The van der Waals surface area contributed by atoms with Gasteiger partial charge in [-0.25, -0.2) is 14.5 Å². The number of anilines is 1. The quantitative estimate of drug-likeness (QED) is 0.467. The number of amides is 1. The third kappa shape index (κ3) is 3.73. The molecule has 0 radical (unpaired) electrons. The Morgan fingerprint density at radius 2 is 2.15 bits per heavy atom. The van der Waals surface area contributed by atoms with Crippen molar-refractivity contribution in [1.82, 2.24) is 29.8 Å². The number of furan rings is 1. The molecule has 2 aliphatic heterocycles. The Balaban J connectivity index is 1.29. The fourth-order valence-corrected chi connectivity index (χ4v) is 4.77. The number of fused-ring (bicyclic) bond motifs is 2. The van der Waals surface area contributed by atoms with Crippen molar-refractivity contribution in [3.05, 3.63) is 36.7 Å². The van der Waals surface area contributed by atoms with Gasteiger partial charge in [-0.05, 0) is 45.1 Å². The van der Waals surface area contributed by atoms with Gasteiger partial charge in [0.15, 0.2) is 11.4 Å². The van der Waals surface area contributed by atoms with Crippen LogP contribution in [-0.4, -0.2) is 76.3 Å². The predicted octanol–water partition coefficient (Wildman–Crippen LogP) is 2.34. The lowest BCUT2D eigenvalue weighted by molar-refractivity contribution is -0.119. The molecule has 0 bridgehead atoms. The maximum atomic E-state index is 11.4. The van der Waals surface area contributed by atoms with Crippen LogP contribution in [0.15, 0.2) is 41.1 Å². The van der Waals surface area contributed by atoms with Crippen molar-refractivity contribution >= 4 is 28.3 Å². The van der Waals surface area contributed by atoms with E-state index < -0.39 is 0 Å². The van der Waals surface area contributed by atoms with Crippen LogP contribution in [0, 0.1) is 0 Å². The molecule has 1 N–H and O–H groups in total. The molecule has 10 heteroatoms.